The molecule has 0 fully saturated rings. The van der Waals surface area contributed by atoms with Crippen molar-refractivity contribution in [1.82, 2.24) is 9.97 Å². The highest BCUT2D eigenvalue weighted by molar-refractivity contribution is 5.36. The molecule has 0 amide bonds. The van der Waals surface area contributed by atoms with Gasteiger partial charge in [-0.3, -0.25) is 9.78 Å². The summed E-state index contributed by atoms with van der Waals surface area (Å²) in [7, 11) is 0. The van der Waals surface area contributed by atoms with E-state index in [0.29, 0.717) is 12.4 Å². The number of benzene rings is 1. The summed E-state index contributed by atoms with van der Waals surface area (Å²) in [6.07, 6.45) is 0.608. The molecule has 0 aliphatic rings. The number of nitrogens with zero attached hydrogens (tertiary/aromatic N) is 1. The van der Waals surface area contributed by atoms with Crippen molar-refractivity contribution in [3.63, 3.8) is 0 Å². The molecule has 4 nitrogen and oxygen atoms in total. The molecule has 2 rings (SSSR count). The number of aryl methyl sites for hydroxylation is 2. The number of rotatable bonds is 3. The van der Waals surface area contributed by atoms with Gasteiger partial charge in [0, 0.05) is 17.5 Å². The van der Waals surface area contributed by atoms with Gasteiger partial charge in [0.15, 0.2) is 0 Å². The van der Waals surface area contributed by atoms with Crippen molar-refractivity contribution < 1.29 is 0 Å². The fourth-order valence-corrected chi connectivity index (χ4v) is 2.23. The molecule has 21 heavy (non-hydrogen) atoms. The van der Waals surface area contributed by atoms with E-state index in [1.54, 1.807) is 0 Å². The van der Waals surface area contributed by atoms with E-state index in [0.717, 1.165) is 16.8 Å². The number of aromatic amines is 1. The lowest BCUT2D eigenvalue weighted by molar-refractivity contribution is 0.624. The Morgan fingerprint density at radius 2 is 1.86 bits per heavy atom. The van der Waals surface area contributed by atoms with Crippen LogP contribution in [0.3, 0.4) is 0 Å². The van der Waals surface area contributed by atoms with Gasteiger partial charge in [-0.1, -0.05) is 24.3 Å². The molecule has 0 saturated heterocycles. The van der Waals surface area contributed by atoms with Crippen molar-refractivity contribution in [3.8, 4) is 0 Å². The van der Waals surface area contributed by atoms with Crippen molar-refractivity contribution in [2.45, 2.75) is 46.6 Å². The molecule has 0 aliphatic carbocycles. The quantitative estimate of drug-likeness (QED) is 0.910. The first-order chi connectivity index (χ1) is 9.76. The summed E-state index contributed by atoms with van der Waals surface area (Å²) in [6, 6.07) is 8.11. The third kappa shape index (κ3) is 3.94. The third-order valence-electron chi connectivity index (χ3n) is 3.34. The van der Waals surface area contributed by atoms with E-state index in [2.05, 4.69) is 34.3 Å². The number of hydrogen-bond donors (Lipinski definition) is 2. The highest BCUT2D eigenvalue weighted by Gasteiger charge is 2.14. The number of anilines is 1. The van der Waals surface area contributed by atoms with Crippen LogP contribution in [-0.4, -0.2) is 15.5 Å². The van der Waals surface area contributed by atoms with Gasteiger partial charge in [-0.15, -0.1) is 0 Å². The summed E-state index contributed by atoms with van der Waals surface area (Å²) in [6.45, 7) is 10.0. The molecule has 112 valence electrons. The molecule has 0 unspecified atom stereocenters. The minimum absolute atomic E-state index is 0.0718. The Balaban J connectivity index is 2.34. The monoisotopic (exact) mass is 285 g/mol. The molecule has 1 aromatic heterocycles. The molecule has 2 N–H and O–H groups in total. The van der Waals surface area contributed by atoms with Gasteiger partial charge >= 0.3 is 0 Å². The Morgan fingerprint density at radius 3 is 2.43 bits per heavy atom. The maximum absolute atomic E-state index is 12.3. The molecule has 0 radical (unpaired) electrons. The summed E-state index contributed by atoms with van der Waals surface area (Å²) < 4.78 is 0. The number of H-pyrrole nitrogens is 1. The van der Waals surface area contributed by atoms with Gasteiger partial charge < -0.3 is 5.32 Å². The summed E-state index contributed by atoms with van der Waals surface area (Å²) in [5.74, 6) is 0.526. The highest BCUT2D eigenvalue weighted by atomic mass is 16.1. The van der Waals surface area contributed by atoms with Crippen LogP contribution in [0.2, 0.25) is 0 Å². The maximum Gasteiger partial charge on any atom is 0.256 e. The number of nitrogens with one attached hydrogen (secondary N) is 2. The van der Waals surface area contributed by atoms with Crippen LogP contribution in [0.5, 0.6) is 0 Å². The van der Waals surface area contributed by atoms with Crippen LogP contribution >= 0.6 is 0 Å². The SMILES string of the molecule is Cc1ccccc1Cc1c(C)nc(NC(C)(C)C)[nH]c1=O. The standard InChI is InChI=1S/C17H23N3O/c1-11-8-6-7-9-13(11)10-14-12(2)18-16(19-15(14)21)20-17(3,4)5/h6-9H,10H2,1-5H3,(H2,18,19,20,21). The van der Waals surface area contributed by atoms with Crippen molar-refractivity contribution in [2.24, 2.45) is 0 Å². The van der Waals surface area contributed by atoms with Gasteiger partial charge in [-0.2, -0.15) is 0 Å². The number of aromatic nitrogens is 2. The van der Waals surface area contributed by atoms with Crippen LogP contribution in [0.25, 0.3) is 0 Å². The van der Waals surface area contributed by atoms with E-state index in [1.807, 2.05) is 39.8 Å². The smallest absolute Gasteiger partial charge is 0.256 e. The Hall–Kier alpha value is -2.10. The average Bonchev–Trinajstić information content (AvgIpc) is 2.33. The van der Waals surface area contributed by atoms with Crippen molar-refractivity contribution >= 4 is 5.95 Å². The summed E-state index contributed by atoms with van der Waals surface area (Å²) in [5, 5.41) is 3.20. The zero-order valence-corrected chi connectivity index (χ0v) is 13.4. The maximum atomic E-state index is 12.3. The Morgan fingerprint density at radius 1 is 1.19 bits per heavy atom. The topological polar surface area (TPSA) is 57.8 Å². The lowest BCUT2D eigenvalue weighted by Crippen LogP contribution is -2.30. The molecule has 2 aromatic rings. The van der Waals surface area contributed by atoms with E-state index in [9.17, 15) is 4.79 Å². The van der Waals surface area contributed by atoms with Crippen molar-refractivity contribution in [1.29, 1.82) is 0 Å². The van der Waals surface area contributed by atoms with Gasteiger partial charge in [0.25, 0.3) is 5.56 Å². The second-order valence-corrected chi connectivity index (χ2v) is 6.46. The van der Waals surface area contributed by atoms with Crippen LogP contribution in [0.15, 0.2) is 29.1 Å². The Kier molecular flexibility index (Phi) is 4.16. The molecule has 0 bridgehead atoms. The molecule has 1 heterocycles. The molecular weight excluding hydrogens is 262 g/mol. The number of hydrogen-bond acceptors (Lipinski definition) is 3. The van der Waals surface area contributed by atoms with Gasteiger partial charge in [-0.25, -0.2) is 4.98 Å². The molecule has 0 saturated carbocycles. The Bertz CT molecular complexity index is 696. The highest BCUT2D eigenvalue weighted by Crippen LogP contribution is 2.15. The largest absolute Gasteiger partial charge is 0.351 e. The Labute approximate surface area is 125 Å². The minimum atomic E-state index is -0.139. The van der Waals surface area contributed by atoms with Crippen molar-refractivity contribution in [2.75, 3.05) is 5.32 Å². The van der Waals surface area contributed by atoms with Crippen molar-refractivity contribution in [3.05, 3.63) is 57.0 Å². The van der Waals surface area contributed by atoms with Crippen LogP contribution in [0.4, 0.5) is 5.95 Å². The average molecular weight is 285 g/mol. The van der Waals surface area contributed by atoms with Gasteiger partial charge in [0.05, 0.1) is 5.69 Å². The van der Waals surface area contributed by atoms with Crippen LogP contribution < -0.4 is 10.9 Å². The zero-order valence-electron chi connectivity index (χ0n) is 13.4. The fourth-order valence-electron chi connectivity index (χ4n) is 2.23. The van der Waals surface area contributed by atoms with Gasteiger partial charge in [0.1, 0.15) is 0 Å². The van der Waals surface area contributed by atoms with Crippen LogP contribution in [0, 0.1) is 13.8 Å². The van der Waals surface area contributed by atoms with E-state index in [-0.39, 0.29) is 11.1 Å². The van der Waals surface area contributed by atoms with E-state index in [4.69, 9.17) is 0 Å². The predicted octanol–water partition coefficient (Wildman–Crippen LogP) is 3.19. The normalized spacial score (nSPS) is 11.5. The minimum Gasteiger partial charge on any atom is -0.351 e. The summed E-state index contributed by atoms with van der Waals surface area (Å²) in [5.41, 5.74) is 3.63. The molecule has 0 atom stereocenters. The second kappa shape index (κ2) is 5.72. The van der Waals surface area contributed by atoms with E-state index in [1.165, 1.54) is 5.56 Å². The second-order valence-electron chi connectivity index (χ2n) is 6.46. The third-order valence-corrected chi connectivity index (χ3v) is 3.34. The summed E-state index contributed by atoms with van der Waals surface area (Å²) in [4.78, 5) is 19.6. The molecular formula is C17H23N3O. The molecule has 0 spiro atoms. The first-order valence-corrected chi connectivity index (χ1v) is 7.19. The summed E-state index contributed by atoms with van der Waals surface area (Å²) >= 11 is 0. The van der Waals surface area contributed by atoms with Crippen LogP contribution in [0.1, 0.15) is 43.2 Å². The van der Waals surface area contributed by atoms with Gasteiger partial charge in [0.2, 0.25) is 5.95 Å². The fraction of sp³-hybridized carbons (Fsp3) is 0.412. The van der Waals surface area contributed by atoms with Gasteiger partial charge in [-0.05, 0) is 45.7 Å². The van der Waals surface area contributed by atoms with Crippen LogP contribution in [-0.2, 0) is 6.42 Å². The first-order valence-electron chi connectivity index (χ1n) is 7.19. The van der Waals surface area contributed by atoms with E-state index < -0.39 is 0 Å². The predicted molar refractivity (Wildman–Crippen MR) is 87.0 cm³/mol. The lowest BCUT2D eigenvalue weighted by Gasteiger charge is -2.21. The first kappa shape index (κ1) is 15.3. The zero-order chi connectivity index (χ0) is 15.6. The molecule has 1 aromatic carbocycles. The van der Waals surface area contributed by atoms with E-state index >= 15 is 0 Å². The molecule has 0 aliphatic heterocycles. The lowest BCUT2D eigenvalue weighted by atomic mass is 10.0. The molecule has 4 heteroatoms.